The van der Waals surface area contributed by atoms with Crippen LogP contribution in [0.1, 0.15) is 92.5 Å². The summed E-state index contributed by atoms with van der Waals surface area (Å²) in [6, 6.07) is 11.5. The molecule has 5 heteroatoms. The van der Waals surface area contributed by atoms with E-state index < -0.39 is 5.97 Å². The van der Waals surface area contributed by atoms with Crippen molar-refractivity contribution >= 4 is 11.9 Å². The van der Waals surface area contributed by atoms with Crippen molar-refractivity contribution in [3.8, 4) is 6.07 Å². The first kappa shape index (κ1) is 21.1. The Morgan fingerprint density at radius 3 is 2.16 bits per heavy atom. The number of nitriles is 1. The molecule has 2 aromatic rings. The maximum Gasteiger partial charge on any atom is 0.335 e. The number of carboxylic acid groups (broad SMARTS) is 1. The van der Waals surface area contributed by atoms with Crippen LogP contribution in [0.5, 0.6) is 0 Å². The minimum Gasteiger partial charge on any atom is -0.478 e. The van der Waals surface area contributed by atoms with Gasteiger partial charge in [0.15, 0.2) is 0 Å². The molecule has 1 amide bonds. The number of carboxylic acids is 1. The molecule has 31 heavy (non-hydrogen) atoms. The highest BCUT2D eigenvalue weighted by Crippen LogP contribution is 2.39. The van der Waals surface area contributed by atoms with Crippen LogP contribution in [0, 0.1) is 25.2 Å². The summed E-state index contributed by atoms with van der Waals surface area (Å²) in [5.41, 5.74) is 5.57. The summed E-state index contributed by atoms with van der Waals surface area (Å²) in [7, 11) is 0. The van der Waals surface area contributed by atoms with Crippen molar-refractivity contribution in [3.05, 3.63) is 69.3 Å². The van der Waals surface area contributed by atoms with Gasteiger partial charge in [-0.1, -0.05) is 18.6 Å². The fraction of sp³-hybridized carbons (Fsp3) is 0.423. The van der Waals surface area contributed by atoms with Gasteiger partial charge in [0.05, 0.1) is 17.2 Å². The summed E-state index contributed by atoms with van der Waals surface area (Å²) >= 11 is 0. The second-order valence-corrected chi connectivity index (χ2v) is 8.94. The first-order chi connectivity index (χ1) is 14.9. The van der Waals surface area contributed by atoms with Crippen molar-refractivity contribution in [1.29, 1.82) is 5.26 Å². The Kier molecular flexibility index (Phi) is 5.82. The lowest BCUT2D eigenvalue weighted by atomic mass is 9.77. The Bertz CT molecular complexity index is 1070. The van der Waals surface area contributed by atoms with E-state index >= 15 is 0 Å². The number of carbonyl (C=O) groups excluding carboxylic acids is 1. The Morgan fingerprint density at radius 1 is 0.935 bits per heavy atom. The Morgan fingerprint density at radius 2 is 1.61 bits per heavy atom. The Balaban J connectivity index is 1.50. The van der Waals surface area contributed by atoms with Gasteiger partial charge in [-0.05, 0) is 91.8 Å². The van der Waals surface area contributed by atoms with E-state index in [1.54, 1.807) is 6.07 Å². The van der Waals surface area contributed by atoms with Gasteiger partial charge in [0, 0.05) is 18.7 Å². The van der Waals surface area contributed by atoms with E-state index in [9.17, 15) is 14.7 Å². The highest BCUT2D eigenvalue weighted by Gasteiger charge is 2.29. The van der Waals surface area contributed by atoms with E-state index in [-0.39, 0.29) is 11.5 Å². The number of nitrogens with zero attached hydrogens (tertiary/aromatic N) is 2. The number of piperidine rings is 1. The highest BCUT2D eigenvalue weighted by molar-refractivity contribution is 5.99. The third kappa shape index (κ3) is 4.07. The van der Waals surface area contributed by atoms with Crippen LogP contribution in [-0.2, 0) is 0 Å². The predicted molar refractivity (Wildman–Crippen MR) is 119 cm³/mol. The summed E-state index contributed by atoms with van der Waals surface area (Å²) in [5, 5.41) is 18.8. The molecule has 0 radical (unpaired) electrons. The van der Waals surface area contributed by atoms with E-state index in [2.05, 4.69) is 6.07 Å². The van der Waals surface area contributed by atoms with Crippen LogP contribution < -0.4 is 0 Å². The third-order valence-electron chi connectivity index (χ3n) is 7.02. The molecular weight excluding hydrogens is 388 g/mol. The largest absolute Gasteiger partial charge is 0.478 e. The number of benzene rings is 2. The van der Waals surface area contributed by atoms with E-state index in [0.29, 0.717) is 36.1 Å². The maximum atomic E-state index is 13.3. The van der Waals surface area contributed by atoms with Crippen molar-refractivity contribution in [1.82, 2.24) is 4.90 Å². The van der Waals surface area contributed by atoms with Gasteiger partial charge < -0.3 is 10.0 Å². The molecule has 2 fully saturated rings. The Labute approximate surface area is 183 Å². The molecule has 0 unspecified atom stereocenters. The van der Waals surface area contributed by atoms with Gasteiger partial charge in [0.2, 0.25) is 0 Å². The molecule has 1 aliphatic carbocycles. The number of hydrogen-bond acceptors (Lipinski definition) is 3. The molecule has 5 nitrogen and oxygen atoms in total. The van der Waals surface area contributed by atoms with Gasteiger partial charge in [-0.2, -0.15) is 5.26 Å². The average Bonchev–Trinajstić information content (AvgIpc) is 2.72. The standard InChI is InChI=1S/C26H28N2O3/c1-16-12-18(15-27)6-7-21(16)20-8-10-28(11-9-20)25(29)22-14-24(26(30)31)23(13-17(22)2)19-4-3-5-19/h6-7,12-14,19-20H,3-5,8-11H2,1-2H3,(H,30,31). The molecule has 0 atom stereocenters. The molecule has 0 bridgehead atoms. The van der Waals surface area contributed by atoms with Crippen LogP contribution >= 0.6 is 0 Å². The third-order valence-corrected chi connectivity index (χ3v) is 7.02. The topological polar surface area (TPSA) is 81.4 Å². The smallest absolute Gasteiger partial charge is 0.335 e. The second-order valence-electron chi connectivity index (χ2n) is 8.94. The molecule has 160 valence electrons. The van der Waals surface area contributed by atoms with Gasteiger partial charge in [0.1, 0.15) is 0 Å². The molecule has 0 aromatic heterocycles. The number of aryl methyl sites for hydroxylation is 2. The molecular formula is C26H28N2O3. The quantitative estimate of drug-likeness (QED) is 0.746. The number of likely N-dealkylation sites (tertiary alicyclic amines) is 1. The number of amides is 1. The zero-order valence-electron chi connectivity index (χ0n) is 18.1. The van der Waals surface area contributed by atoms with Crippen molar-refractivity contribution in [3.63, 3.8) is 0 Å². The molecule has 1 saturated heterocycles. The van der Waals surface area contributed by atoms with Crippen LogP contribution in [0.25, 0.3) is 0 Å². The van der Waals surface area contributed by atoms with Crippen LogP contribution in [0.3, 0.4) is 0 Å². The van der Waals surface area contributed by atoms with Gasteiger partial charge in [0.25, 0.3) is 5.91 Å². The van der Waals surface area contributed by atoms with Gasteiger partial charge >= 0.3 is 5.97 Å². The van der Waals surface area contributed by atoms with Gasteiger partial charge in [-0.15, -0.1) is 0 Å². The van der Waals surface area contributed by atoms with E-state index in [4.69, 9.17) is 5.26 Å². The lowest BCUT2D eigenvalue weighted by molar-refractivity contribution is 0.0694. The zero-order valence-corrected chi connectivity index (χ0v) is 18.1. The molecule has 4 rings (SSSR count). The van der Waals surface area contributed by atoms with Crippen molar-refractivity contribution in [2.45, 2.75) is 57.8 Å². The molecule has 2 aromatic carbocycles. The fourth-order valence-electron chi connectivity index (χ4n) is 4.97. The second kappa shape index (κ2) is 8.55. The molecule has 1 N–H and O–H groups in total. The first-order valence-corrected chi connectivity index (χ1v) is 11.1. The summed E-state index contributed by atoms with van der Waals surface area (Å²) in [5.74, 6) is -0.352. The van der Waals surface area contributed by atoms with Crippen LogP contribution in [0.2, 0.25) is 0 Å². The lowest BCUT2D eigenvalue weighted by Crippen LogP contribution is -2.38. The summed E-state index contributed by atoms with van der Waals surface area (Å²) < 4.78 is 0. The summed E-state index contributed by atoms with van der Waals surface area (Å²) in [6.45, 7) is 5.24. The van der Waals surface area contributed by atoms with Gasteiger partial charge in [-0.25, -0.2) is 4.79 Å². The number of rotatable bonds is 4. The van der Waals surface area contributed by atoms with Crippen LogP contribution in [0.15, 0.2) is 30.3 Å². The number of carbonyl (C=O) groups is 2. The van der Waals surface area contributed by atoms with Crippen molar-refractivity contribution < 1.29 is 14.7 Å². The monoisotopic (exact) mass is 416 g/mol. The lowest BCUT2D eigenvalue weighted by Gasteiger charge is -2.33. The molecule has 1 aliphatic heterocycles. The minimum absolute atomic E-state index is 0.0739. The molecule has 1 saturated carbocycles. The van der Waals surface area contributed by atoms with Crippen LogP contribution in [0.4, 0.5) is 0 Å². The SMILES string of the molecule is Cc1cc(C2CCC2)c(C(=O)O)cc1C(=O)N1CCC(c2ccc(C#N)cc2C)CC1. The summed E-state index contributed by atoms with van der Waals surface area (Å²) in [4.78, 5) is 27.0. The number of hydrogen-bond donors (Lipinski definition) is 1. The first-order valence-electron chi connectivity index (χ1n) is 11.1. The molecule has 2 aliphatic rings. The minimum atomic E-state index is -0.953. The van der Waals surface area contributed by atoms with Crippen molar-refractivity contribution in [2.75, 3.05) is 13.1 Å². The number of aromatic carboxylic acids is 1. The fourth-order valence-corrected chi connectivity index (χ4v) is 4.97. The Hall–Kier alpha value is -3.13. The average molecular weight is 417 g/mol. The maximum absolute atomic E-state index is 13.3. The van der Waals surface area contributed by atoms with Crippen molar-refractivity contribution in [2.24, 2.45) is 0 Å². The van der Waals surface area contributed by atoms with E-state index in [1.807, 2.05) is 43.0 Å². The predicted octanol–water partition coefficient (Wildman–Crippen LogP) is 5.16. The van der Waals surface area contributed by atoms with Gasteiger partial charge in [-0.3, -0.25) is 4.79 Å². The van der Waals surface area contributed by atoms with E-state index in [1.165, 1.54) is 5.56 Å². The van der Waals surface area contributed by atoms with E-state index in [0.717, 1.165) is 48.8 Å². The zero-order chi connectivity index (χ0) is 22.1. The normalized spacial score (nSPS) is 17.1. The molecule has 1 heterocycles. The summed E-state index contributed by atoms with van der Waals surface area (Å²) in [6.07, 6.45) is 4.91. The molecule has 0 spiro atoms. The highest BCUT2D eigenvalue weighted by atomic mass is 16.4. The van der Waals surface area contributed by atoms with Crippen LogP contribution in [-0.4, -0.2) is 35.0 Å².